The molecule has 2 atom stereocenters. The van der Waals surface area contributed by atoms with E-state index < -0.39 is 35.2 Å². The molecule has 0 radical (unpaired) electrons. The molecule has 31 heavy (non-hydrogen) atoms. The number of carbonyl (C=O) groups is 3. The Morgan fingerprint density at radius 2 is 1.81 bits per heavy atom. The van der Waals surface area contributed by atoms with Gasteiger partial charge >= 0.3 is 18.0 Å². The molecule has 9 heteroatoms. The van der Waals surface area contributed by atoms with E-state index in [1.165, 1.54) is 0 Å². The Morgan fingerprint density at radius 1 is 1.16 bits per heavy atom. The van der Waals surface area contributed by atoms with E-state index in [0.717, 1.165) is 9.13 Å². The number of alkyl carbamates (subject to hydrolysis) is 1. The van der Waals surface area contributed by atoms with E-state index in [4.69, 9.17) is 14.2 Å². The lowest BCUT2D eigenvalue weighted by Crippen LogP contribution is -2.57. The summed E-state index contributed by atoms with van der Waals surface area (Å²) < 4.78 is 17.0. The summed E-state index contributed by atoms with van der Waals surface area (Å²) in [7, 11) is 0. The standard InChI is InChI=1S/C22H31IN2O6/c1-6-29-18(26)17-12-22(19(27)30-7-2,24-20(28)31-21(3,4)5)14-25(17)13-15-10-8-9-11-16(15)23/h8-11,17H,6-7,12-14H2,1-5H3,(H,24,28). The van der Waals surface area contributed by atoms with Crippen molar-refractivity contribution < 1.29 is 28.6 Å². The number of rotatable bonds is 7. The first-order chi connectivity index (χ1) is 14.5. The zero-order valence-electron chi connectivity index (χ0n) is 18.7. The van der Waals surface area contributed by atoms with Crippen molar-refractivity contribution in [3.8, 4) is 0 Å². The fourth-order valence-corrected chi connectivity index (χ4v) is 4.08. The van der Waals surface area contributed by atoms with Crippen LogP contribution in [0.2, 0.25) is 0 Å². The summed E-state index contributed by atoms with van der Waals surface area (Å²) >= 11 is 2.23. The highest BCUT2D eigenvalue weighted by atomic mass is 127. The summed E-state index contributed by atoms with van der Waals surface area (Å²) in [5, 5.41) is 2.70. The molecule has 1 aliphatic heterocycles. The number of carbonyl (C=O) groups excluding carboxylic acids is 3. The molecule has 0 saturated carbocycles. The van der Waals surface area contributed by atoms with Gasteiger partial charge in [0.1, 0.15) is 11.6 Å². The maximum atomic E-state index is 13.0. The van der Waals surface area contributed by atoms with E-state index in [0.29, 0.717) is 6.54 Å². The first-order valence-electron chi connectivity index (χ1n) is 10.3. The predicted octanol–water partition coefficient (Wildman–Crippen LogP) is 3.26. The highest BCUT2D eigenvalue weighted by molar-refractivity contribution is 14.1. The van der Waals surface area contributed by atoms with Crippen LogP contribution >= 0.6 is 22.6 Å². The number of amides is 1. The topological polar surface area (TPSA) is 94.2 Å². The number of ether oxygens (including phenoxy) is 3. The lowest BCUT2D eigenvalue weighted by molar-refractivity contribution is -0.150. The van der Waals surface area contributed by atoms with E-state index in [1.807, 2.05) is 29.2 Å². The van der Waals surface area contributed by atoms with Crippen molar-refractivity contribution in [1.82, 2.24) is 10.2 Å². The van der Waals surface area contributed by atoms with E-state index in [1.54, 1.807) is 34.6 Å². The molecule has 0 bridgehead atoms. The van der Waals surface area contributed by atoms with Gasteiger partial charge in [-0.2, -0.15) is 0 Å². The third-order valence-electron chi connectivity index (χ3n) is 4.75. The smallest absolute Gasteiger partial charge is 0.408 e. The quantitative estimate of drug-likeness (QED) is 0.319. The van der Waals surface area contributed by atoms with E-state index >= 15 is 0 Å². The zero-order chi connectivity index (χ0) is 23.2. The maximum absolute atomic E-state index is 13.0. The largest absolute Gasteiger partial charge is 0.465 e. The minimum absolute atomic E-state index is 0.0350. The normalized spacial score (nSPS) is 21.4. The molecular formula is C22H31IN2O6. The SMILES string of the molecule is CCOC(=O)C1CC(NC(=O)OC(C)(C)C)(C(=O)OCC)CN1Cc1ccccc1I. The van der Waals surface area contributed by atoms with Crippen LogP contribution in [0.3, 0.4) is 0 Å². The first-order valence-corrected chi connectivity index (χ1v) is 11.4. The molecule has 1 amide bonds. The van der Waals surface area contributed by atoms with Crippen LogP contribution in [0.25, 0.3) is 0 Å². The number of nitrogens with one attached hydrogen (secondary N) is 1. The van der Waals surface area contributed by atoms with Crippen molar-refractivity contribution in [2.45, 2.75) is 64.8 Å². The van der Waals surface area contributed by atoms with Gasteiger partial charge in [0.05, 0.1) is 13.2 Å². The first kappa shape index (κ1) is 25.4. The van der Waals surface area contributed by atoms with Crippen LogP contribution in [0.5, 0.6) is 0 Å². The molecule has 1 heterocycles. The second-order valence-corrected chi connectivity index (χ2v) is 9.56. The van der Waals surface area contributed by atoms with Crippen molar-refractivity contribution in [3.63, 3.8) is 0 Å². The van der Waals surface area contributed by atoms with Crippen LogP contribution < -0.4 is 5.32 Å². The van der Waals surface area contributed by atoms with Crippen LogP contribution in [0.4, 0.5) is 4.79 Å². The number of esters is 2. The third-order valence-corrected chi connectivity index (χ3v) is 5.80. The number of halogens is 1. The molecular weight excluding hydrogens is 515 g/mol. The van der Waals surface area contributed by atoms with Gasteiger partial charge in [0.15, 0.2) is 5.54 Å². The van der Waals surface area contributed by atoms with Crippen LogP contribution in [-0.2, 0) is 30.3 Å². The number of benzene rings is 1. The van der Waals surface area contributed by atoms with Crippen LogP contribution in [0.15, 0.2) is 24.3 Å². The number of hydrogen-bond donors (Lipinski definition) is 1. The average Bonchev–Trinajstić information content (AvgIpc) is 3.02. The Bertz CT molecular complexity index is 809. The number of hydrogen-bond acceptors (Lipinski definition) is 7. The van der Waals surface area contributed by atoms with Gasteiger partial charge in [-0.15, -0.1) is 0 Å². The van der Waals surface area contributed by atoms with Gasteiger partial charge in [0.2, 0.25) is 0 Å². The molecule has 1 saturated heterocycles. The molecule has 1 N–H and O–H groups in total. The molecule has 1 aromatic rings. The molecule has 0 aliphatic carbocycles. The van der Waals surface area contributed by atoms with Crippen molar-refractivity contribution in [3.05, 3.63) is 33.4 Å². The lowest BCUT2D eigenvalue weighted by Gasteiger charge is -2.30. The Kier molecular flexibility index (Phi) is 8.70. The Morgan fingerprint density at radius 3 is 2.39 bits per heavy atom. The molecule has 1 fully saturated rings. The van der Waals surface area contributed by atoms with Crippen LogP contribution in [0, 0.1) is 3.57 Å². The molecule has 0 spiro atoms. The van der Waals surface area contributed by atoms with Gasteiger partial charge in [-0.1, -0.05) is 18.2 Å². The van der Waals surface area contributed by atoms with Gasteiger partial charge in [-0.3, -0.25) is 9.69 Å². The van der Waals surface area contributed by atoms with Gasteiger partial charge < -0.3 is 19.5 Å². The summed E-state index contributed by atoms with van der Waals surface area (Å²) in [4.78, 5) is 40.2. The molecule has 1 aromatic carbocycles. The second-order valence-electron chi connectivity index (χ2n) is 8.40. The van der Waals surface area contributed by atoms with Crippen LogP contribution in [0.1, 0.15) is 46.6 Å². The highest BCUT2D eigenvalue weighted by Gasteiger charge is 2.54. The number of likely N-dealkylation sites (tertiary alicyclic amines) is 1. The monoisotopic (exact) mass is 546 g/mol. The summed E-state index contributed by atoms with van der Waals surface area (Å²) in [6.07, 6.45) is -0.702. The van der Waals surface area contributed by atoms with E-state index in [2.05, 4.69) is 27.9 Å². The van der Waals surface area contributed by atoms with Crippen LogP contribution in [-0.4, -0.2) is 59.9 Å². The fraction of sp³-hybridized carbons (Fsp3) is 0.591. The van der Waals surface area contributed by atoms with Gasteiger partial charge in [0.25, 0.3) is 0 Å². The minimum atomic E-state index is -1.42. The van der Waals surface area contributed by atoms with Crippen molar-refractivity contribution in [2.75, 3.05) is 19.8 Å². The predicted molar refractivity (Wildman–Crippen MR) is 123 cm³/mol. The molecule has 2 unspecified atom stereocenters. The van der Waals surface area contributed by atoms with E-state index in [9.17, 15) is 14.4 Å². The maximum Gasteiger partial charge on any atom is 0.408 e. The fourth-order valence-electron chi connectivity index (χ4n) is 3.52. The Labute approximate surface area is 197 Å². The van der Waals surface area contributed by atoms with Gasteiger partial charge in [-0.25, -0.2) is 9.59 Å². The summed E-state index contributed by atoms with van der Waals surface area (Å²) in [5.74, 6) is -1.04. The van der Waals surface area contributed by atoms with Crippen molar-refractivity contribution in [2.24, 2.45) is 0 Å². The minimum Gasteiger partial charge on any atom is -0.465 e. The Hall–Kier alpha value is -1.88. The summed E-state index contributed by atoms with van der Waals surface area (Å²) in [5.41, 5.74) is -1.15. The van der Waals surface area contributed by atoms with Crippen molar-refractivity contribution >= 4 is 40.6 Å². The summed E-state index contributed by atoms with van der Waals surface area (Å²) in [6, 6.07) is 7.09. The summed E-state index contributed by atoms with van der Waals surface area (Å²) in [6.45, 7) is 9.53. The zero-order valence-corrected chi connectivity index (χ0v) is 20.9. The second kappa shape index (κ2) is 10.6. The lowest BCUT2D eigenvalue weighted by atomic mass is 9.96. The molecule has 0 aromatic heterocycles. The van der Waals surface area contributed by atoms with Gasteiger partial charge in [0, 0.05) is 23.1 Å². The van der Waals surface area contributed by atoms with E-state index in [-0.39, 0.29) is 26.2 Å². The Balaban J connectivity index is 2.38. The molecule has 2 rings (SSSR count). The average molecular weight is 546 g/mol. The molecule has 8 nitrogen and oxygen atoms in total. The number of nitrogens with zero attached hydrogens (tertiary/aromatic N) is 1. The van der Waals surface area contributed by atoms with Gasteiger partial charge in [-0.05, 0) is 68.8 Å². The molecule has 172 valence electrons. The third kappa shape index (κ3) is 6.80. The highest BCUT2D eigenvalue weighted by Crippen LogP contribution is 2.32. The van der Waals surface area contributed by atoms with Crippen molar-refractivity contribution in [1.29, 1.82) is 0 Å². The molecule has 1 aliphatic rings.